The van der Waals surface area contributed by atoms with Crippen LogP contribution in [-0.4, -0.2) is 24.2 Å². The predicted molar refractivity (Wildman–Crippen MR) is 91.6 cm³/mol. The van der Waals surface area contributed by atoms with Crippen LogP contribution in [0.5, 0.6) is 0 Å². The topological polar surface area (TPSA) is 46.2 Å². The highest BCUT2D eigenvalue weighted by Crippen LogP contribution is 2.39. The van der Waals surface area contributed by atoms with Gasteiger partial charge in [-0.2, -0.15) is 0 Å². The molecule has 0 aromatic heterocycles. The Morgan fingerprint density at radius 1 is 1.04 bits per heavy atom. The van der Waals surface area contributed by atoms with Gasteiger partial charge >= 0.3 is 0 Å². The van der Waals surface area contributed by atoms with Crippen LogP contribution in [0.25, 0.3) is 0 Å². The summed E-state index contributed by atoms with van der Waals surface area (Å²) in [5.74, 6) is 2.57. The molecule has 1 saturated carbocycles. The number of ketones is 2. The van der Waals surface area contributed by atoms with Crippen LogP contribution in [0.3, 0.4) is 0 Å². The van der Waals surface area contributed by atoms with Crippen LogP contribution < -0.4 is 5.32 Å². The Morgan fingerprint density at radius 3 is 2.43 bits per heavy atom. The van der Waals surface area contributed by atoms with Crippen LogP contribution in [0, 0.1) is 17.8 Å². The number of benzene rings is 1. The standard InChI is InChI=1S/C20H27NO2/c1-13(22)17-6-3-15(4-7-17)9-16-5-8-18-12-21-20(14(2)23)11-19(18)10-16/h3-4,6-7,16,18-21H,5,8-12H2,1-2H3. The lowest BCUT2D eigenvalue weighted by atomic mass is 9.68. The van der Waals surface area contributed by atoms with Crippen molar-refractivity contribution >= 4 is 11.6 Å². The summed E-state index contributed by atoms with van der Waals surface area (Å²) in [7, 11) is 0. The summed E-state index contributed by atoms with van der Waals surface area (Å²) in [6, 6.07) is 8.16. The molecule has 3 nitrogen and oxygen atoms in total. The average molecular weight is 313 g/mol. The molecule has 0 spiro atoms. The molecule has 3 rings (SSSR count). The SMILES string of the molecule is CC(=O)c1ccc(CC2CCC3CNC(C(C)=O)CC3C2)cc1. The van der Waals surface area contributed by atoms with Crippen molar-refractivity contribution in [3.05, 3.63) is 35.4 Å². The molecular weight excluding hydrogens is 286 g/mol. The smallest absolute Gasteiger partial charge is 0.159 e. The molecule has 124 valence electrons. The molecule has 2 aliphatic rings. The van der Waals surface area contributed by atoms with Crippen LogP contribution in [0.4, 0.5) is 0 Å². The number of hydrogen-bond donors (Lipinski definition) is 1. The molecule has 1 aromatic carbocycles. The Balaban J connectivity index is 1.59. The van der Waals surface area contributed by atoms with Crippen molar-refractivity contribution in [2.24, 2.45) is 17.8 Å². The van der Waals surface area contributed by atoms with Crippen molar-refractivity contribution in [2.75, 3.05) is 6.54 Å². The van der Waals surface area contributed by atoms with Crippen molar-refractivity contribution in [1.29, 1.82) is 0 Å². The normalized spacial score (nSPS) is 30.5. The van der Waals surface area contributed by atoms with Crippen molar-refractivity contribution < 1.29 is 9.59 Å². The van der Waals surface area contributed by atoms with E-state index in [1.54, 1.807) is 13.8 Å². The minimum atomic E-state index is 0.0739. The highest BCUT2D eigenvalue weighted by molar-refractivity contribution is 5.94. The molecule has 1 heterocycles. The van der Waals surface area contributed by atoms with Crippen LogP contribution in [0.15, 0.2) is 24.3 Å². The summed E-state index contributed by atoms with van der Waals surface area (Å²) in [4.78, 5) is 23.0. The van der Waals surface area contributed by atoms with Gasteiger partial charge in [-0.3, -0.25) is 9.59 Å². The molecule has 1 N–H and O–H groups in total. The Morgan fingerprint density at radius 2 is 1.78 bits per heavy atom. The number of fused-ring (bicyclic) bond motifs is 1. The van der Waals surface area contributed by atoms with E-state index in [-0.39, 0.29) is 17.6 Å². The van der Waals surface area contributed by atoms with E-state index in [0.717, 1.165) is 30.9 Å². The van der Waals surface area contributed by atoms with Gasteiger partial charge in [0.25, 0.3) is 0 Å². The predicted octanol–water partition coefficient (Wildman–Crippen LogP) is 3.42. The van der Waals surface area contributed by atoms with E-state index >= 15 is 0 Å². The van der Waals surface area contributed by atoms with Gasteiger partial charge in [0.15, 0.2) is 5.78 Å². The van der Waals surface area contributed by atoms with E-state index in [9.17, 15) is 9.59 Å². The summed E-state index contributed by atoms with van der Waals surface area (Å²) in [5, 5.41) is 3.42. The maximum Gasteiger partial charge on any atom is 0.159 e. The second-order valence-electron chi connectivity index (χ2n) is 7.46. The Hall–Kier alpha value is -1.48. The largest absolute Gasteiger partial charge is 0.307 e. The molecule has 3 heteroatoms. The summed E-state index contributed by atoms with van der Waals surface area (Å²) in [6.07, 6.45) is 5.91. The van der Waals surface area contributed by atoms with Gasteiger partial charge < -0.3 is 5.32 Å². The van der Waals surface area contributed by atoms with Gasteiger partial charge in [-0.15, -0.1) is 0 Å². The molecule has 0 radical (unpaired) electrons. The van der Waals surface area contributed by atoms with Crippen LogP contribution >= 0.6 is 0 Å². The minimum absolute atomic E-state index is 0.0739. The van der Waals surface area contributed by atoms with Gasteiger partial charge in [0, 0.05) is 5.56 Å². The fraction of sp³-hybridized carbons (Fsp3) is 0.600. The first kappa shape index (κ1) is 16.4. The van der Waals surface area contributed by atoms with Gasteiger partial charge in [-0.1, -0.05) is 24.3 Å². The number of piperidine rings is 1. The van der Waals surface area contributed by atoms with E-state index < -0.39 is 0 Å². The number of carbonyl (C=O) groups is 2. The van der Waals surface area contributed by atoms with Crippen molar-refractivity contribution in [3.63, 3.8) is 0 Å². The second kappa shape index (κ2) is 6.96. The highest BCUT2D eigenvalue weighted by Gasteiger charge is 2.36. The van der Waals surface area contributed by atoms with Gasteiger partial charge in [-0.25, -0.2) is 0 Å². The first-order valence-corrected chi connectivity index (χ1v) is 8.86. The molecular formula is C20H27NO2. The maximum atomic E-state index is 11.6. The highest BCUT2D eigenvalue weighted by atomic mass is 16.1. The molecule has 0 amide bonds. The molecule has 1 saturated heterocycles. The van der Waals surface area contributed by atoms with E-state index in [1.165, 1.54) is 24.8 Å². The van der Waals surface area contributed by atoms with Crippen molar-refractivity contribution in [1.82, 2.24) is 5.32 Å². The summed E-state index contributed by atoms with van der Waals surface area (Å²) < 4.78 is 0. The Kier molecular flexibility index (Phi) is 4.96. The van der Waals surface area contributed by atoms with Crippen molar-refractivity contribution in [2.45, 2.75) is 52.0 Å². The van der Waals surface area contributed by atoms with Gasteiger partial charge in [-0.05, 0) is 75.8 Å². The zero-order valence-electron chi connectivity index (χ0n) is 14.2. The molecule has 0 bridgehead atoms. The quantitative estimate of drug-likeness (QED) is 0.866. The molecule has 23 heavy (non-hydrogen) atoms. The summed E-state index contributed by atoms with van der Waals surface area (Å²) in [5.41, 5.74) is 2.12. The number of Topliss-reactive ketones (excluding diaryl/α,β-unsaturated/α-hetero) is 2. The molecule has 4 unspecified atom stereocenters. The van der Waals surface area contributed by atoms with Gasteiger partial charge in [0.2, 0.25) is 0 Å². The Bertz CT molecular complexity index is 578. The van der Waals surface area contributed by atoms with Gasteiger partial charge in [0.05, 0.1) is 6.04 Å². The first-order valence-electron chi connectivity index (χ1n) is 8.86. The summed E-state index contributed by atoms with van der Waals surface area (Å²) >= 11 is 0. The fourth-order valence-corrected chi connectivity index (χ4v) is 4.37. The molecule has 1 aliphatic carbocycles. The Labute approximate surface area is 138 Å². The fourth-order valence-electron chi connectivity index (χ4n) is 4.37. The third kappa shape index (κ3) is 3.89. The zero-order chi connectivity index (χ0) is 16.4. The van der Waals surface area contributed by atoms with E-state index in [1.807, 2.05) is 12.1 Å². The zero-order valence-corrected chi connectivity index (χ0v) is 14.2. The molecule has 1 aliphatic heterocycles. The minimum Gasteiger partial charge on any atom is -0.307 e. The third-order valence-corrected chi connectivity index (χ3v) is 5.79. The lowest BCUT2D eigenvalue weighted by molar-refractivity contribution is -0.120. The number of rotatable bonds is 4. The van der Waals surface area contributed by atoms with E-state index in [4.69, 9.17) is 0 Å². The van der Waals surface area contributed by atoms with E-state index in [2.05, 4.69) is 17.4 Å². The molecule has 1 aromatic rings. The number of nitrogens with one attached hydrogen (secondary N) is 1. The number of carbonyl (C=O) groups excluding carboxylic acids is 2. The van der Waals surface area contributed by atoms with Crippen LogP contribution in [0.2, 0.25) is 0 Å². The number of hydrogen-bond acceptors (Lipinski definition) is 3. The molecule has 2 fully saturated rings. The van der Waals surface area contributed by atoms with Gasteiger partial charge in [0.1, 0.15) is 5.78 Å². The van der Waals surface area contributed by atoms with Crippen LogP contribution in [-0.2, 0) is 11.2 Å². The van der Waals surface area contributed by atoms with E-state index in [0.29, 0.717) is 11.8 Å². The average Bonchev–Trinajstić information content (AvgIpc) is 2.54. The van der Waals surface area contributed by atoms with Crippen LogP contribution in [0.1, 0.15) is 55.5 Å². The third-order valence-electron chi connectivity index (χ3n) is 5.79. The lowest BCUT2D eigenvalue weighted by Gasteiger charge is -2.42. The monoisotopic (exact) mass is 313 g/mol. The second-order valence-corrected chi connectivity index (χ2v) is 7.46. The van der Waals surface area contributed by atoms with Crippen molar-refractivity contribution in [3.8, 4) is 0 Å². The molecule has 4 atom stereocenters. The summed E-state index contributed by atoms with van der Waals surface area (Å²) in [6.45, 7) is 4.32. The lowest BCUT2D eigenvalue weighted by Crippen LogP contribution is -2.49. The maximum absolute atomic E-state index is 11.6. The first-order chi connectivity index (χ1) is 11.0.